The molecule has 1 saturated carbocycles. The lowest BCUT2D eigenvalue weighted by molar-refractivity contribution is -0.144. The molecule has 0 unspecified atom stereocenters. The van der Waals surface area contributed by atoms with Crippen LogP contribution < -0.4 is 0 Å². The molecule has 0 radical (unpaired) electrons. The minimum absolute atomic E-state index is 0.225. The number of hydrogen-bond donors (Lipinski definition) is 2. The summed E-state index contributed by atoms with van der Waals surface area (Å²) in [5, 5.41) is 18.5. The Morgan fingerprint density at radius 1 is 1.50 bits per heavy atom. The number of carbonyl (C=O) groups is 1. The lowest BCUT2D eigenvalue weighted by atomic mass is 9.77. The van der Waals surface area contributed by atoms with Gasteiger partial charge in [0.2, 0.25) is 0 Å². The molecular weight excluding hydrogens is 156 g/mol. The standard InChI is InChI=1S/C9H16O3/c1-2-9(12)5-3-7(4-6-9)8(10)11/h7,12H,2-6H2,1H3,(H,10,11)/t7-,9+. The van der Waals surface area contributed by atoms with Gasteiger partial charge in [0, 0.05) is 0 Å². The predicted octanol–water partition coefficient (Wildman–Crippen LogP) is 1.40. The Labute approximate surface area is 72.4 Å². The van der Waals surface area contributed by atoms with Gasteiger partial charge in [0.05, 0.1) is 11.5 Å². The number of aliphatic hydroxyl groups is 1. The zero-order chi connectivity index (χ0) is 9.19. The van der Waals surface area contributed by atoms with Gasteiger partial charge in [-0.1, -0.05) is 6.92 Å². The van der Waals surface area contributed by atoms with Crippen molar-refractivity contribution in [3.63, 3.8) is 0 Å². The number of carboxylic acid groups (broad SMARTS) is 1. The van der Waals surface area contributed by atoms with E-state index in [2.05, 4.69) is 0 Å². The summed E-state index contributed by atoms with van der Waals surface area (Å²) in [6, 6.07) is 0. The Morgan fingerprint density at radius 2 is 2.00 bits per heavy atom. The first kappa shape index (κ1) is 9.52. The minimum atomic E-state index is -0.715. The van der Waals surface area contributed by atoms with Crippen LogP contribution in [0.3, 0.4) is 0 Å². The summed E-state index contributed by atoms with van der Waals surface area (Å²) in [6.45, 7) is 1.95. The highest BCUT2D eigenvalue weighted by Gasteiger charge is 2.33. The van der Waals surface area contributed by atoms with Crippen molar-refractivity contribution in [3.8, 4) is 0 Å². The highest BCUT2D eigenvalue weighted by atomic mass is 16.4. The average Bonchev–Trinajstić information content (AvgIpc) is 2.05. The Kier molecular flexibility index (Phi) is 2.73. The van der Waals surface area contributed by atoms with Crippen LogP contribution in [0.1, 0.15) is 39.0 Å². The van der Waals surface area contributed by atoms with E-state index in [1.165, 1.54) is 0 Å². The first-order valence-electron chi connectivity index (χ1n) is 4.52. The lowest BCUT2D eigenvalue weighted by Crippen LogP contribution is -2.35. The Hall–Kier alpha value is -0.570. The second kappa shape index (κ2) is 3.44. The summed E-state index contributed by atoms with van der Waals surface area (Å²) in [7, 11) is 0. The number of hydrogen-bond acceptors (Lipinski definition) is 2. The predicted molar refractivity (Wildman–Crippen MR) is 44.8 cm³/mol. The molecule has 0 aromatic carbocycles. The van der Waals surface area contributed by atoms with Crippen LogP contribution in [0, 0.1) is 5.92 Å². The SMILES string of the molecule is CC[C@]1(O)CC[C@@H](C(=O)O)CC1. The van der Waals surface area contributed by atoms with Crippen LogP contribution in [0.4, 0.5) is 0 Å². The number of carboxylic acids is 1. The Morgan fingerprint density at radius 3 is 2.33 bits per heavy atom. The van der Waals surface area contributed by atoms with Crippen LogP contribution in [0.2, 0.25) is 0 Å². The van der Waals surface area contributed by atoms with Crippen molar-refractivity contribution >= 4 is 5.97 Å². The van der Waals surface area contributed by atoms with Gasteiger partial charge in [0.25, 0.3) is 0 Å². The fourth-order valence-electron chi connectivity index (χ4n) is 1.76. The molecular formula is C9H16O3. The van der Waals surface area contributed by atoms with E-state index < -0.39 is 11.6 Å². The largest absolute Gasteiger partial charge is 0.481 e. The van der Waals surface area contributed by atoms with Crippen molar-refractivity contribution in [1.82, 2.24) is 0 Å². The van der Waals surface area contributed by atoms with Crippen LogP contribution in [-0.2, 0) is 4.79 Å². The fourth-order valence-corrected chi connectivity index (χ4v) is 1.76. The molecule has 1 aliphatic carbocycles. The summed E-state index contributed by atoms with van der Waals surface area (Å²) < 4.78 is 0. The van der Waals surface area contributed by atoms with E-state index >= 15 is 0 Å². The van der Waals surface area contributed by atoms with Gasteiger partial charge < -0.3 is 10.2 Å². The molecule has 0 aromatic rings. The van der Waals surface area contributed by atoms with Gasteiger partial charge in [0.15, 0.2) is 0 Å². The summed E-state index contributed by atoms with van der Waals surface area (Å²) in [6.07, 6.45) is 3.26. The van der Waals surface area contributed by atoms with Gasteiger partial charge >= 0.3 is 5.97 Å². The van der Waals surface area contributed by atoms with Crippen molar-refractivity contribution in [2.24, 2.45) is 5.92 Å². The van der Waals surface area contributed by atoms with Crippen LogP contribution >= 0.6 is 0 Å². The van der Waals surface area contributed by atoms with Crippen molar-refractivity contribution in [2.75, 3.05) is 0 Å². The zero-order valence-corrected chi connectivity index (χ0v) is 7.42. The fraction of sp³-hybridized carbons (Fsp3) is 0.889. The monoisotopic (exact) mass is 172 g/mol. The Balaban J connectivity index is 2.44. The normalized spacial score (nSPS) is 36.3. The van der Waals surface area contributed by atoms with Gasteiger partial charge in [-0.3, -0.25) is 4.79 Å². The molecule has 0 aliphatic heterocycles. The molecule has 0 aromatic heterocycles. The third-order valence-electron chi connectivity index (χ3n) is 2.92. The molecule has 0 atom stereocenters. The second-order valence-electron chi connectivity index (χ2n) is 3.69. The van der Waals surface area contributed by atoms with Crippen molar-refractivity contribution in [2.45, 2.75) is 44.6 Å². The number of rotatable bonds is 2. The van der Waals surface area contributed by atoms with E-state index in [-0.39, 0.29) is 5.92 Å². The smallest absolute Gasteiger partial charge is 0.306 e. The third-order valence-corrected chi connectivity index (χ3v) is 2.92. The van der Waals surface area contributed by atoms with Gasteiger partial charge in [-0.25, -0.2) is 0 Å². The molecule has 1 rings (SSSR count). The maximum atomic E-state index is 10.6. The third kappa shape index (κ3) is 1.97. The van der Waals surface area contributed by atoms with Crippen LogP contribution in [-0.4, -0.2) is 21.8 Å². The highest BCUT2D eigenvalue weighted by Crippen LogP contribution is 2.34. The van der Waals surface area contributed by atoms with Crippen molar-refractivity contribution < 1.29 is 15.0 Å². The summed E-state index contributed by atoms with van der Waals surface area (Å²) in [5.41, 5.74) is -0.577. The molecule has 0 heterocycles. The molecule has 1 fully saturated rings. The lowest BCUT2D eigenvalue weighted by Gasteiger charge is -2.33. The highest BCUT2D eigenvalue weighted by molar-refractivity contribution is 5.70. The second-order valence-corrected chi connectivity index (χ2v) is 3.69. The molecule has 2 N–H and O–H groups in total. The quantitative estimate of drug-likeness (QED) is 0.662. The van der Waals surface area contributed by atoms with Gasteiger partial charge in [-0.2, -0.15) is 0 Å². The van der Waals surface area contributed by atoms with Gasteiger partial charge in [-0.15, -0.1) is 0 Å². The summed E-state index contributed by atoms with van der Waals surface area (Å²) in [5.74, 6) is -0.940. The molecule has 0 saturated heterocycles. The van der Waals surface area contributed by atoms with E-state index in [9.17, 15) is 9.90 Å². The first-order chi connectivity index (χ1) is 5.57. The molecule has 3 nitrogen and oxygen atoms in total. The maximum absolute atomic E-state index is 10.6. The van der Waals surface area contributed by atoms with Crippen molar-refractivity contribution in [1.29, 1.82) is 0 Å². The zero-order valence-electron chi connectivity index (χ0n) is 7.42. The molecule has 0 spiro atoms. The molecule has 0 bridgehead atoms. The molecule has 1 aliphatic rings. The number of aliphatic carboxylic acids is 1. The van der Waals surface area contributed by atoms with Gasteiger partial charge in [0.1, 0.15) is 0 Å². The maximum Gasteiger partial charge on any atom is 0.306 e. The average molecular weight is 172 g/mol. The van der Waals surface area contributed by atoms with Crippen LogP contribution in [0.25, 0.3) is 0 Å². The summed E-state index contributed by atoms with van der Waals surface area (Å²) >= 11 is 0. The van der Waals surface area contributed by atoms with E-state index in [1.54, 1.807) is 0 Å². The minimum Gasteiger partial charge on any atom is -0.481 e. The van der Waals surface area contributed by atoms with Crippen LogP contribution in [0.15, 0.2) is 0 Å². The topological polar surface area (TPSA) is 57.5 Å². The first-order valence-corrected chi connectivity index (χ1v) is 4.52. The van der Waals surface area contributed by atoms with E-state index in [1.807, 2.05) is 6.92 Å². The molecule has 70 valence electrons. The summed E-state index contributed by atoms with van der Waals surface area (Å²) in [4.78, 5) is 10.6. The molecule has 0 amide bonds. The Bertz CT molecular complexity index is 169. The van der Waals surface area contributed by atoms with Crippen molar-refractivity contribution in [3.05, 3.63) is 0 Å². The van der Waals surface area contributed by atoms with Gasteiger partial charge in [-0.05, 0) is 32.1 Å². The molecule has 12 heavy (non-hydrogen) atoms. The molecule has 3 heteroatoms. The van der Waals surface area contributed by atoms with E-state index in [4.69, 9.17) is 5.11 Å². The van der Waals surface area contributed by atoms with E-state index in [0.29, 0.717) is 25.7 Å². The van der Waals surface area contributed by atoms with Crippen LogP contribution in [0.5, 0.6) is 0 Å². The van der Waals surface area contributed by atoms with E-state index in [0.717, 1.165) is 6.42 Å².